The minimum atomic E-state index is 0.720. The molecule has 1 aliphatic heterocycles. The average molecular weight is 374 g/mol. The molecular formula is C23H20ClN3. The number of hydrogen-bond donors (Lipinski definition) is 1. The van der Waals surface area contributed by atoms with Crippen molar-refractivity contribution in [1.29, 1.82) is 0 Å². The number of nitrogens with one attached hydrogen (secondary N) is 1. The van der Waals surface area contributed by atoms with Crippen LogP contribution in [0.5, 0.6) is 0 Å². The molecule has 1 aromatic heterocycles. The van der Waals surface area contributed by atoms with Crippen molar-refractivity contribution >= 4 is 28.2 Å². The molecule has 0 radical (unpaired) electrons. The summed E-state index contributed by atoms with van der Waals surface area (Å²) in [5.41, 5.74) is 4.50. The number of aromatic nitrogens is 2. The summed E-state index contributed by atoms with van der Waals surface area (Å²) in [5.74, 6) is 1.10. The van der Waals surface area contributed by atoms with Gasteiger partial charge in [0.15, 0.2) is 0 Å². The van der Waals surface area contributed by atoms with Gasteiger partial charge in [0.2, 0.25) is 0 Å². The minimum absolute atomic E-state index is 0.720. The van der Waals surface area contributed by atoms with E-state index in [4.69, 9.17) is 16.7 Å². The molecule has 134 valence electrons. The molecule has 1 N–H and O–H groups in total. The van der Waals surface area contributed by atoms with Crippen LogP contribution in [0.1, 0.15) is 18.4 Å². The highest BCUT2D eigenvalue weighted by atomic mass is 35.5. The molecule has 0 saturated heterocycles. The summed E-state index contributed by atoms with van der Waals surface area (Å²) in [5, 5.41) is 11.8. The van der Waals surface area contributed by atoms with Crippen molar-refractivity contribution < 1.29 is 0 Å². The summed E-state index contributed by atoms with van der Waals surface area (Å²) >= 11 is 6.24. The summed E-state index contributed by atoms with van der Waals surface area (Å²) in [6, 6.07) is 22.9. The Balaban J connectivity index is 1.71. The average Bonchev–Trinajstić information content (AvgIpc) is 2.89. The predicted molar refractivity (Wildman–Crippen MR) is 113 cm³/mol. The smallest absolute Gasteiger partial charge is 0.133 e. The minimum Gasteiger partial charge on any atom is -0.370 e. The lowest BCUT2D eigenvalue weighted by Crippen LogP contribution is -2.07. The van der Waals surface area contributed by atoms with E-state index < -0.39 is 0 Å². The topological polar surface area (TPSA) is 29.9 Å². The highest BCUT2D eigenvalue weighted by Gasteiger charge is 2.21. The molecule has 27 heavy (non-hydrogen) atoms. The normalized spacial score (nSPS) is 13.8. The van der Waals surface area contributed by atoms with Crippen LogP contribution < -0.4 is 5.32 Å². The fourth-order valence-electron chi connectivity index (χ4n) is 3.87. The van der Waals surface area contributed by atoms with E-state index in [0.29, 0.717) is 0 Å². The van der Waals surface area contributed by atoms with Gasteiger partial charge in [-0.25, -0.2) is 4.68 Å². The number of nitrogens with zero attached hydrogens (tertiary/aromatic N) is 2. The van der Waals surface area contributed by atoms with Crippen molar-refractivity contribution in [2.75, 3.05) is 11.9 Å². The largest absolute Gasteiger partial charge is 0.370 e. The third kappa shape index (κ3) is 2.98. The third-order valence-corrected chi connectivity index (χ3v) is 5.44. The van der Waals surface area contributed by atoms with Crippen LogP contribution in [-0.2, 0) is 6.42 Å². The van der Waals surface area contributed by atoms with Crippen molar-refractivity contribution in [3.8, 4) is 16.9 Å². The fourth-order valence-corrected chi connectivity index (χ4v) is 4.05. The molecule has 4 aromatic rings. The second kappa shape index (κ2) is 6.75. The number of anilines is 1. The number of benzene rings is 3. The van der Waals surface area contributed by atoms with E-state index in [2.05, 4.69) is 53.8 Å². The SMILES string of the molecule is Clc1cccc(-n2nc(-c3ccc4ccccc4c3)c3c2NCCCC3)c1. The van der Waals surface area contributed by atoms with Crippen LogP contribution in [0.15, 0.2) is 66.7 Å². The maximum absolute atomic E-state index is 6.24. The molecule has 2 heterocycles. The first-order chi connectivity index (χ1) is 13.3. The first kappa shape index (κ1) is 16.4. The molecule has 0 saturated carbocycles. The summed E-state index contributed by atoms with van der Waals surface area (Å²) < 4.78 is 2.01. The Morgan fingerprint density at radius 2 is 1.78 bits per heavy atom. The Labute approximate surface area is 163 Å². The molecule has 3 aromatic carbocycles. The van der Waals surface area contributed by atoms with E-state index in [1.54, 1.807) is 0 Å². The van der Waals surface area contributed by atoms with Crippen LogP contribution in [-0.4, -0.2) is 16.3 Å². The zero-order valence-corrected chi connectivity index (χ0v) is 15.7. The molecule has 0 amide bonds. The highest BCUT2D eigenvalue weighted by molar-refractivity contribution is 6.30. The first-order valence-corrected chi connectivity index (χ1v) is 9.78. The standard InChI is InChI=1S/C23H20ClN3/c24-19-8-5-9-20(15-19)27-23-21(10-3-4-13-25-23)22(26-27)18-12-11-16-6-1-2-7-17(16)14-18/h1-2,5-9,11-12,14-15,25H,3-4,10,13H2. The molecule has 0 spiro atoms. The lowest BCUT2D eigenvalue weighted by molar-refractivity contribution is 0.780. The lowest BCUT2D eigenvalue weighted by Gasteiger charge is -2.09. The quantitative estimate of drug-likeness (QED) is 0.460. The lowest BCUT2D eigenvalue weighted by atomic mass is 10.0. The van der Waals surface area contributed by atoms with Gasteiger partial charge in [-0.2, -0.15) is 5.10 Å². The van der Waals surface area contributed by atoms with Gasteiger partial charge in [-0.3, -0.25) is 0 Å². The van der Waals surface area contributed by atoms with Gasteiger partial charge in [0.05, 0.1) is 11.4 Å². The van der Waals surface area contributed by atoms with Crippen LogP contribution in [0, 0.1) is 0 Å². The maximum atomic E-state index is 6.24. The zero-order chi connectivity index (χ0) is 18.2. The van der Waals surface area contributed by atoms with Gasteiger partial charge in [-0.05, 0) is 54.3 Å². The number of hydrogen-bond acceptors (Lipinski definition) is 2. The van der Waals surface area contributed by atoms with Gasteiger partial charge >= 0.3 is 0 Å². The van der Waals surface area contributed by atoms with Crippen LogP contribution in [0.25, 0.3) is 27.7 Å². The molecule has 0 atom stereocenters. The predicted octanol–water partition coefficient (Wildman–Crippen LogP) is 6.09. The van der Waals surface area contributed by atoms with Crippen LogP contribution in [0.2, 0.25) is 5.02 Å². The maximum Gasteiger partial charge on any atom is 0.133 e. The van der Waals surface area contributed by atoms with Gasteiger partial charge in [0.25, 0.3) is 0 Å². The van der Waals surface area contributed by atoms with Crippen molar-refractivity contribution in [1.82, 2.24) is 9.78 Å². The van der Waals surface area contributed by atoms with Gasteiger partial charge in [0.1, 0.15) is 5.82 Å². The summed E-state index contributed by atoms with van der Waals surface area (Å²) in [6.45, 7) is 0.969. The van der Waals surface area contributed by atoms with E-state index in [1.165, 1.54) is 29.2 Å². The van der Waals surface area contributed by atoms with E-state index in [9.17, 15) is 0 Å². The van der Waals surface area contributed by atoms with Gasteiger partial charge < -0.3 is 5.32 Å². The van der Waals surface area contributed by atoms with Gasteiger partial charge in [-0.15, -0.1) is 0 Å². The second-order valence-electron chi connectivity index (χ2n) is 7.01. The van der Waals surface area contributed by atoms with E-state index in [1.807, 2.05) is 22.9 Å². The van der Waals surface area contributed by atoms with Crippen LogP contribution in [0.4, 0.5) is 5.82 Å². The Kier molecular flexibility index (Phi) is 4.10. The van der Waals surface area contributed by atoms with E-state index in [-0.39, 0.29) is 0 Å². The number of fused-ring (bicyclic) bond motifs is 2. The van der Waals surface area contributed by atoms with Gasteiger partial charge in [-0.1, -0.05) is 54.1 Å². The summed E-state index contributed by atoms with van der Waals surface area (Å²) in [7, 11) is 0. The number of rotatable bonds is 2. The van der Waals surface area contributed by atoms with E-state index in [0.717, 1.165) is 40.8 Å². The Hall–Kier alpha value is -2.78. The Morgan fingerprint density at radius 1 is 0.889 bits per heavy atom. The third-order valence-electron chi connectivity index (χ3n) is 5.21. The molecule has 4 heteroatoms. The fraction of sp³-hybridized carbons (Fsp3) is 0.174. The van der Waals surface area contributed by atoms with Gasteiger partial charge in [0, 0.05) is 22.7 Å². The van der Waals surface area contributed by atoms with Crippen LogP contribution in [0.3, 0.4) is 0 Å². The number of halogens is 1. The monoisotopic (exact) mass is 373 g/mol. The summed E-state index contributed by atoms with van der Waals surface area (Å²) in [4.78, 5) is 0. The van der Waals surface area contributed by atoms with Crippen molar-refractivity contribution in [2.45, 2.75) is 19.3 Å². The molecular weight excluding hydrogens is 354 g/mol. The Morgan fingerprint density at radius 3 is 2.67 bits per heavy atom. The highest BCUT2D eigenvalue weighted by Crippen LogP contribution is 2.35. The molecule has 0 bridgehead atoms. The second-order valence-corrected chi connectivity index (χ2v) is 7.45. The first-order valence-electron chi connectivity index (χ1n) is 9.40. The van der Waals surface area contributed by atoms with Crippen molar-refractivity contribution in [3.05, 3.63) is 77.3 Å². The van der Waals surface area contributed by atoms with Crippen molar-refractivity contribution in [3.63, 3.8) is 0 Å². The van der Waals surface area contributed by atoms with Crippen molar-refractivity contribution in [2.24, 2.45) is 0 Å². The molecule has 0 aliphatic carbocycles. The molecule has 0 fully saturated rings. The molecule has 0 unspecified atom stereocenters. The molecule has 1 aliphatic rings. The molecule has 3 nitrogen and oxygen atoms in total. The summed E-state index contributed by atoms with van der Waals surface area (Å²) in [6.07, 6.45) is 3.37. The van der Waals surface area contributed by atoms with Crippen LogP contribution >= 0.6 is 11.6 Å². The zero-order valence-electron chi connectivity index (χ0n) is 15.0. The van der Waals surface area contributed by atoms with E-state index >= 15 is 0 Å². The molecule has 5 rings (SSSR count). The Bertz CT molecular complexity index is 1130.